The first-order valence-electron chi connectivity index (χ1n) is 6.72. The molecule has 0 radical (unpaired) electrons. The van der Waals surface area contributed by atoms with Crippen LogP contribution in [0.3, 0.4) is 0 Å². The van der Waals surface area contributed by atoms with Gasteiger partial charge >= 0.3 is 0 Å². The molecule has 0 saturated carbocycles. The van der Waals surface area contributed by atoms with Crippen molar-refractivity contribution in [3.63, 3.8) is 0 Å². The van der Waals surface area contributed by atoms with Crippen LogP contribution in [-0.2, 0) is 0 Å². The molecule has 0 spiro atoms. The molecule has 0 aliphatic heterocycles. The molecule has 1 heterocycles. The number of nitrogens with zero attached hydrogens (tertiary/aromatic N) is 1. The van der Waals surface area contributed by atoms with Gasteiger partial charge in [0.05, 0.1) is 16.0 Å². The Kier molecular flexibility index (Phi) is 3.78. The van der Waals surface area contributed by atoms with E-state index in [1.165, 1.54) is 36.4 Å². The first-order valence-corrected chi connectivity index (χ1v) is 7.10. The number of nitro groups is 1. The fraction of sp³-hybridized carbons (Fsp3) is 0. The predicted octanol–water partition coefficient (Wildman–Crippen LogP) is 2.82. The van der Waals surface area contributed by atoms with E-state index in [1.54, 1.807) is 0 Å². The molecule has 0 fully saturated rings. The highest BCUT2D eigenvalue weighted by Crippen LogP contribution is 2.27. The van der Waals surface area contributed by atoms with E-state index in [-0.39, 0.29) is 27.7 Å². The summed E-state index contributed by atoms with van der Waals surface area (Å²) >= 11 is 5.86. The Morgan fingerprint density at radius 3 is 2.58 bits per heavy atom. The van der Waals surface area contributed by atoms with Gasteiger partial charge in [0.2, 0.25) is 0 Å². The van der Waals surface area contributed by atoms with Gasteiger partial charge in [-0.2, -0.15) is 0 Å². The van der Waals surface area contributed by atoms with Crippen LogP contribution in [0.1, 0.15) is 0 Å². The van der Waals surface area contributed by atoms with E-state index in [4.69, 9.17) is 11.6 Å². The largest absolute Gasteiger partial charge is 0.502 e. The lowest BCUT2D eigenvalue weighted by Gasteiger charge is -2.00. The lowest BCUT2D eigenvalue weighted by molar-refractivity contribution is -0.384. The summed E-state index contributed by atoms with van der Waals surface area (Å²) in [6.07, 6.45) is 0. The number of nitro benzene ring substituents is 1. The summed E-state index contributed by atoms with van der Waals surface area (Å²) in [4.78, 5) is 37.5. The molecule has 0 atom stereocenters. The van der Waals surface area contributed by atoms with Gasteiger partial charge in [0.1, 0.15) is 0 Å². The smallest absolute Gasteiger partial charge is 0.291 e. The van der Waals surface area contributed by atoms with E-state index < -0.39 is 21.7 Å². The van der Waals surface area contributed by atoms with E-state index in [9.17, 15) is 24.8 Å². The molecule has 3 rings (SSSR count). The summed E-state index contributed by atoms with van der Waals surface area (Å²) < 4.78 is 0. The Morgan fingerprint density at radius 1 is 1.12 bits per heavy atom. The first kappa shape index (κ1) is 15.7. The average Bonchev–Trinajstić information content (AvgIpc) is 2.63. The Balaban J connectivity index is 2.47. The Morgan fingerprint density at radius 2 is 1.88 bits per heavy atom. The average molecular weight is 345 g/mol. The van der Waals surface area contributed by atoms with Gasteiger partial charge in [-0.1, -0.05) is 23.7 Å². The van der Waals surface area contributed by atoms with Crippen molar-refractivity contribution in [3.8, 4) is 16.9 Å². The summed E-state index contributed by atoms with van der Waals surface area (Å²) in [5, 5.41) is 21.5. The second-order valence-corrected chi connectivity index (χ2v) is 5.44. The predicted molar refractivity (Wildman–Crippen MR) is 89.6 cm³/mol. The number of rotatable bonds is 2. The number of aromatic hydroxyl groups is 1. The molecule has 0 unspecified atom stereocenters. The number of aromatic amines is 1. The molecular weight excluding hydrogens is 336 g/mol. The van der Waals surface area contributed by atoms with Crippen LogP contribution < -0.4 is 11.0 Å². The third-order valence-electron chi connectivity index (χ3n) is 3.50. The Hall–Kier alpha value is -3.19. The molecule has 7 nitrogen and oxygen atoms in total. The summed E-state index contributed by atoms with van der Waals surface area (Å²) in [6.45, 7) is 0. The van der Waals surface area contributed by atoms with E-state index in [0.29, 0.717) is 5.02 Å². The SMILES string of the molecule is O=c1[nH]c2cc(Cl)ccc2c(=O)c(-c2cccc([N+](=O)[O-])c2)c1O. The zero-order chi connectivity index (χ0) is 17.4. The molecule has 0 saturated heterocycles. The van der Waals surface area contributed by atoms with E-state index in [1.807, 2.05) is 0 Å². The quantitative estimate of drug-likeness (QED) is 0.548. The number of benzene rings is 2. The maximum absolute atomic E-state index is 12.8. The summed E-state index contributed by atoms with van der Waals surface area (Å²) in [5.41, 5.74) is -1.88. The van der Waals surface area contributed by atoms with Gasteiger partial charge in [-0.15, -0.1) is 0 Å². The number of hydrogen-bond donors (Lipinski definition) is 2. The zero-order valence-electron chi connectivity index (χ0n) is 11.9. The molecule has 120 valence electrons. The normalized spacial score (nSPS) is 10.7. The second kappa shape index (κ2) is 5.78. The summed E-state index contributed by atoms with van der Waals surface area (Å²) in [6, 6.07) is 9.41. The fourth-order valence-corrected chi connectivity index (χ4v) is 2.57. The number of non-ortho nitro benzene ring substituents is 1. The number of aromatic nitrogens is 1. The minimum Gasteiger partial charge on any atom is -0.502 e. The molecule has 8 heteroatoms. The van der Waals surface area contributed by atoms with Crippen molar-refractivity contribution < 1.29 is 10.0 Å². The van der Waals surface area contributed by atoms with Crippen LogP contribution in [0.2, 0.25) is 5.02 Å². The number of hydrogen-bond acceptors (Lipinski definition) is 5. The van der Waals surface area contributed by atoms with Crippen LogP contribution in [0.4, 0.5) is 5.69 Å². The van der Waals surface area contributed by atoms with Gasteiger partial charge < -0.3 is 10.1 Å². The van der Waals surface area contributed by atoms with Crippen molar-refractivity contribution in [2.45, 2.75) is 0 Å². The van der Waals surface area contributed by atoms with Crippen LogP contribution >= 0.6 is 11.6 Å². The van der Waals surface area contributed by atoms with Gasteiger partial charge in [-0.3, -0.25) is 19.7 Å². The number of halogens is 1. The highest BCUT2D eigenvalue weighted by atomic mass is 35.5. The molecule has 2 N–H and O–H groups in total. The third kappa shape index (κ3) is 2.61. The third-order valence-corrected chi connectivity index (χ3v) is 3.73. The maximum atomic E-state index is 12.8. The Labute approximate surface area is 138 Å². The van der Waals surface area contributed by atoms with Gasteiger partial charge in [0, 0.05) is 22.5 Å². The molecule has 24 heavy (non-hydrogen) atoms. The van der Waals surface area contributed by atoms with E-state index in [0.717, 1.165) is 6.07 Å². The summed E-state index contributed by atoms with van der Waals surface area (Å²) in [7, 11) is 0. The molecule has 3 aromatic rings. The van der Waals surface area contributed by atoms with Crippen molar-refractivity contribution in [3.05, 3.63) is 78.2 Å². The van der Waals surface area contributed by atoms with E-state index in [2.05, 4.69) is 4.98 Å². The highest BCUT2D eigenvalue weighted by molar-refractivity contribution is 6.31. The molecule has 0 aliphatic rings. The van der Waals surface area contributed by atoms with Gasteiger partial charge in [-0.05, 0) is 23.8 Å². The minimum absolute atomic E-state index is 0.0738. The second-order valence-electron chi connectivity index (χ2n) is 5.00. The maximum Gasteiger partial charge on any atom is 0.291 e. The monoisotopic (exact) mass is 344 g/mol. The molecule has 0 bridgehead atoms. The van der Waals surface area contributed by atoms with Crippen molar-refractivity contribution in [1.82, 2.24) is 4.98 Å². The van der Waals surface area contributed by atoms with Gasteiger partial charge in [0.25, 0.3) is 11.2 Å². The molecule has 1 aromatic heterocycles. The first-order chi connectivity index (χ1) is 11.4. The molecule has 2 aromatic carbocycles. The minimum atomic E-state index is -0.897. The van der Waals surface area contributed by atoms with Crippen molar-refractivity contribution in [2.75, 3.05) is 0 Å². The Bertz CT molecular complexity index is 1110. The number of fused-ring (bicyclic) bond motifs is 1. The number of nitrogens with one attached hydrogen (secondary N) is 1. The van der Waals surface area contributed by atoms with Crippen LogP contribution in [0.15, 0.2) is 52.1 Å². The molecular formula is C16H9ClN2O5. The van der Waals surface area contributed by atoms with E-state index >= 15 is 0 Å². The van der Waals surface area contributed by atoms with Crippen LogP contribution in [-0.4, -0.2) is 15.0 Å². The summed E-state index contributed by atoms with van der Waals surface area (Å²) in [5.74, 6) is -0.812. The lowest BCUT2D eigenvalue weighted by atomic mass is 10.0. The standard InChI is InChI=1S/C16H9ClN2O5/c17-9-4-5-11-12(7-9)18-16(22)15(21)13(14(11)20)8-2-1-3-10(6-8)19(23)24/h1-7,21H,(H,18,22). The van der Waals surface area contributed by atoms with Crippen molar-refractivity contribution >= 4 is 28.2 Å². The van der Waals surface area contributed by atoms with Gasteiger partial charge in [0.15, 0.2) is 11.2 Å². The van der Waals surface area contributed by atoms with Crippen molar-refractivity contribution in [2.24, 2.45) is 0 Å². The van der Waals surface area contributed by atoms with Gasteiger partial charge in [-0.25, -0.2) is 0 Å². The molecule has 0 aliphatic carbocycles. The fourth-order valence-electron chi connectivity index (χ4n) is 2.40. The number of H-pyrrole nitrogens is 1. The topological polar surface area (TPSA) is 113 Å². The van der Waals surface area contributed by atoms with Crippen molar-refractivity contribution in [1.29, 1.82) is 0 Å². The van der Waals surface area contributed by atoms with Crippen LogP contribution in [0.5, 0.6) is 5.75 Å². The van der Waals surface area contributed by atoms with Crippen LogP contribution in [0, 0.1) is 10.1 Å². The highest BCUT2D eigenvalue weighted by Gasteiger charge is 2.17. The molecule has 0 amide bonds. The van der Waals surface area contributed by atoms with Crippen LogP contribution in [0.25, 0.3) is 22.0 Å². The lowest BCUT2D eigenvalue weighted by Crippen LogP contribution is -2.05. The zero-order valence-corrected chi connectivity index (χ0v) is 12.7.